The first-order valence-electron chi connectivity index (χ1n) is 8.04. The van der Waals surface area contributed by atoms with Crippen LogP contribution in [0, 0.1) is 5.92 Å². The van der Waals surface area contributed by atoms with E-state index in [0.717, 1.165) is 18.3 Å². The van der Waals surface area contributed by atoms with Crippen molar-refractivity contribution in [1.82, 2.24) is 10.3 Å². The number of pyridine rings is 1. The fourth-order valence-electron chi connectivity index (χ4n) is 3.39. The molecule has 0 spiro atoms. The minimum atomic E-state index is 0.354. The van der Waals surface area contributed by atoms with Crippen molar-refractivity contribution in [3.8, 4) is 0 Å². The van der Waals surface area contributed by atoms with Crippen molar-refractivity contribution < 1.29 is 0 Å². The quantitative estimate of drug-likeness (QED) is 0.886. The van der Waals surface area contributed by atoms with E-state index >= 15 is 0 Å². The van der Waals surface area contributed by atoms with Crippen molar-refractivity contribution in [2.45, 2.75) is 58.5 Å². The maximum absolute atomic E-state index is 4.67. The van der Waals surface area contributed by atoms with Crippen LogP contribution in [-0.4, -0.2) is 24.6 Å². The molecule has 20 heavy (non-hydrogen) atoms. The molecule has 2 rings (SSSR count). The van der Waals surface area contributed by atoms with Gasteiger partial charge < -0.3 is 10.2 Å². The first-order chi connectivity index (χ1) is 9.63. The highest BCUT2D eigenvalue weighted by atomic mass is 15.2. The van der Waals surface area contributed by atoms with Crippen LogP contribution in [0.3, 0.4) is 0 Å². The van der Waals surface area contributed by atoms with Gasteiger partial charge in [-0.25, -0.2) is 4.98 Å². The zero-order valence-electron chi connectivity index (χ0n) is 13.4. The van der Waals surface area contributed by atoms with Gasteiger partial charge in [0.2, 0.25) is 0 Å². The van der Waals surface area contributed by atoms with E-state index in [1.54, 1.807) is 0 Å². The topological polar surface area (TPSA) is 28.2 Å². The number of nitrogens with one attached hydrogen (secondary N) is 1. The Balaban J connectivity index is 2.18. The maximum atomic E-state index is 4.67. The first-order valence-corrected chi connectivity index (χ1v) is 8.04. The molecule has 3 atom stereocenters. The van der Waals surface area contributed by atoms with Gasteiger partial charge in [0.05, 0.1) is 0 Å². The number of hydrogen-bond donors (Lipinski definition) is 1. The molecule has 0 aliphatic heterocycles. The number of nitrogens with zero attached hydrogens (tertiary/aromatic N) is 2. The van der Waals surface area contributed by atoms with E-state index in [-0.39, 0.29) is 0 Å². The Morgan fingerprint density at radius 1 is 1.45 bits per heavy atom. The van der Waals surface area contributed by atoms with E-state index in [2.05, 4.69) is 49.1 Å². The largest absolute Gasteiger partial charge is 0.356 e. The van der Waals surface area contributed by atoms with Crippen LogP contribution < -0.4 is 10.2 Å². The van der Waals surface area contributed by atoms with E-state index in [4.69, 9.17) is 0 Å². The SMILES string of the molecule is CCNC(C)c1cccnc1N(C)C1CCCC(C)C1. The number of rotatable bonds is 5. The second kappa shape index (κ2) is 7.07. The molecule has 112 valence electrons. The summed E-state index contributed by atoms with van der Waals surface area (Å²) in [5, 5.41) is 3.50. The molecule has 3 nitrogen and oxygen atoms in total. The second-order valence-corrected chi connectivity index (χ2v) is 6.23. The summed E-state index contributed by atoms with van der Waals surface area (Å²) in [6, 6.07) is 5.25. The summed E-state index contributed by atoms with van der Waals surface area (Å²) in [7, 11) is 2.22. The molecule has 1 heterocycles. The minimum Gasteiger partial charge on any atom is -0.356 e. The monoisotopic (exact) mass is 275 g/mol. The molecule has 0 amide bonds. The predicted molar refractivity (Wildman–Crippen MR) is 86.2 cm³/mol. The van der Waals surface area contributed by atoms with Gasteiger partial charge in [0.1, 0.15) is 5.82 Å². The molecule has 1 fully saturated rings. The lowest BCUT2D eigenvalue weighted by Crippen LogP contribution is -2.37. The van der Waals surface area contributed by atoms with Crippen LogP contribution in [0.1, 0.15) is 58.1 Å². The summed E-state index contributed by atoms with van der Waals surface area (Å²) in [6.07, 6.45) is 7.24. The fourth-order valence-corrected chi connectivity index (χ4v) is 3.39. The third-order valence-electron chi connectivity index (χ3n) is 4.58. The summed E-state index contributed by atoms with van der Waals surface area (Å²) in [5.41, 5.74) is 1.31. The van der Waals surface area contributed by atoms with Crippen LogP contribution in [0.15, 0.2) is 18.3 Å². The molecule has 1 saturated carbocycles. The second-order valence-electron chi connectivity index (χ2n) is 6.23. The Morgan fingerprint density at radius 2 is 2.25 bits per heavy atom. The van der Waals surface area contributed by atoms with Crippen LogP contribution in [0.4, 0.5) is 5.82 Å². The smallest absolute Gasteiger partial charge is 0.133 e. The van der Waals surface area contributed by atoms with Gasteiger partial charge in [-0.3, -0.25) is 0 Å². The number of hydrogen-bond acceptors (Lipinski definition) is 3. The van der Waals surface area contributed by atoms with E-state index < -0.39 is 0 Å². The van der Waals surface area contributed by atoms with Gasteiger partial charge in [0.15, 0.2) is 0 Å². The molecule has 1 aromatic rings. The van der Waals surface area contributed by atoms with E-state index in [0.29, 0.717) is 12.1 Å². The van der Waals surface area contributed by atoms with Crippen LogP contribution in [0.25, 0.3) is 0 Å². The van der Waals surface area contributed by atoms with Gasteiger partial charge >= 0.3 is 0 Å². The van der Waals surface area contributed by atoms with Gasteiger partial charge in [-0.05, 0) is 38.3 Å². The van der Waals surface area contributed by atoms with Crippen molar-refractivity contribution in [2.75, 3.05) is 18.5 Å². The lowest BCUT2D eigenvalue weighted by molar-refractivity contribution is 0.335. The van der Waals surface area contributed by atoms with E-state index in [1.165, 1.54) is 31.2 Å². The van der Waals surface area contributed by atoms with E-state index in [1.807, 2.05) is 12.3 Å². The molecule has 1 aliphatic rings. The van der Waals surface area contributed by atoms with E-state index in [9.17, 15) is 0 Å². The third kappa shape index (κ3) is 3.51. The Bertz CT molecular complexity index is 418. The molecule has 1 N–H and O–H groups in total. The molecule has 3 unspecified atom stereocenters. The third-order valence-corrected chi connectivity index (χ3v) is 4.58. The maximum Gasteiger partial charge on any atom is 0.133 e. The Labute approximate surface area is 123 Å². The zero-order valence-corrected chi connectivity index (χ0v) is 13.4. The summed E-state index contributed by atoms with van der Waals surface area (Å²) >= 11 is 0. The molecule has 1 aliphatic carbocycles. The van der Waals surface area contributed by atoms with Crippen molar-refractivity contribution in [1.29, 1.82) is 0 Å². The van der Waals surface area contributed by atoms with Crippen LogP contribution in [-0.2, 0) is 0 Å². The number of anilines is 1. The van der Waals surface area contributed by atoms with Crippen molar-refractivity contribution in [3.05, 3.63) is 23.9 Å². The van der Waals surface area contributed by atoms with Crippen molar-refractivity contribution >= 4 is 5.82 Å². The summed E-state index contributed by atoms with van der Waals surface area (Å²) < 4.78 is 0. The van der Waals surface area contributed by atoms with Crippen LogP contribution >= 0.6 is 0 Å². The molecular formula is C17H29N3. The average molecular weight is 275 g/mol. The van der Waals surface area contributed by atoms with Gasteiger partial charge in [-0.15, -0.1) is 0 Å². The van der Waals surface area contributed by atoms with Gasteiger partial charge in [0, 0.05) is 30.9 Å². The zero-order chi connectivity index (χ0) is 14.5. The summed E-state index contributed by atoms with van der Waals surface area (Å²) in [4.78, 5) is 7.08. The molecule has 0 bridgehead atoms. The normalized spacial score (nSPS) is 24.4. The molecule has 0 saturated heterocycles. The molecule has 0 aromatic carbocycles. The van der Waals surface area contributed by atoms with Crippen molar-refractivity contribution in [2.24, 2.45) is 5.92 Å². The highest BCUT2D eigenvalue weighted by Gasteiger charge is 2.25. The lowest BCUT2D eigenvalue weighted by atomic mass is 9.86. The molecule has 1 aromatic heterocycles. The highest BCUT2D eigenvalue weighted by Crippen LogP contribution is 2.31. The summed E-state index contributed by atoms with van der Waals surface area (Å²) in [5.74, 6) is 2.00. The molecule has 3 heteroatoms. The molecule has 0 radical (unpaired) electrons. The minimum absolute atomic E-state index is 0.354. The highest BCUT2D eigenvalue weighted by molar-refractivity contribution is 5.48. The van der Waals surface area contributed by atoms with Gasteiger partial charge in [0.25, 0.3) is 0 Å². The Hall–Kier alpha value is -1.09. The van der Waals surface area contributed by atoms with Gasteiger partial charge in [-0.2, -0.15) is 0 Å². The Kier molecular flexibility index (Phi) is 5.41. The first kappa shape index (κ1) is 15.3. The standard InChI is InChI=1S/C17H29N3/c1-5-18-14(3)16-10-7-11-19-17(16)20(4)15-9-6-8-13(2)12-15/h7,10-11,13-15,18H,5-6,8-9,12H2,1-4H3. The number of aromatic nitrogens is 1. The van der Waals surface area contributed by atoms with Crippen molar-refractivity contribution in [3.63, 3.8) is 0 Å². The predicted octanol–water partition coefficient (Wildman–Crippen LogP) is 3.77. The van der Waals surface area contributed by atoms with Crippen LogP contribution in [0.2, 0.25) is 0 Å². The summed E-state index contributed by atoms with van der Waals surface area (Å²) in [6.45, 7) is 7.74. The Morgan fingerprint density at radius 3 is 2.95 bits per heavy atom. The molecular weight excluding hydrogens is 246 g/mol. The van der Waals surface area contributed by atoms with Gasteiger partial charge in [-0.1, -0.05) is 32.8 Å². The van der Waals surface area contributed by atoms with Crippen LogP contribution in [0.5, 0.6) is 0 Å². The average Bonchev–Trinajstić information content (AvgIpc) is 2.47. The lowest BCUT2D eigenvalue weighted by Gasteiger charge is -2.36. The fraction of sp³-hybridized carbons (Fsp3) is 0.706.